The van der Waals surface area contributed by atoms with Crippen LogP contribution < -0.4 is 0 Å². The molecule has 20 heavy (non-hydrogen) atoms. The molecule has 0 unspecified atom stereocenters. The fourth-order valence-corrected chi connectivity index (χ4v) is 3.64. The van der Waals surface area contributed by atoms with Crippen LogP contribution in [0.5, 0.6) is 0 Å². The average Bonchev–Trinajstić information content (AvgIpc) is 2.92. The van der Waals surface area contributed by atoms with Crippen molar-refractivity contribution in [2.24, 2.45) is 11.3 Å². The molecule has 0 radical (unpaired) electrons. The van der Waals surface area contributed by atoms with Gasteiger partial charge in [0.25, 0.3) is 5.91 Å². The fraction of sp³-hybridized carbons (Fsp3) is 0.688. The second-order valence-corrected chi connectivity index (χ2v) is 6.93. The summed E-state index contributed by atoms with van der Waals surface area (Å²) in [5.74, 6) is 1.57. The van der Waals surface area contributed by atoms with Gasteiger partial charge in [-0.25, -0.2) is 0 Å². The van der Waals surface area contributed by atoms with Crippen molar-refractivity contribution in [3.05, 3.63) is 23.7 Å². The molecular weight excluding hydrogens is 252 g/mol. The van der Waals surface area contributed by atoms with Crippen molar-refractivity contribution in [2.45, 2.75) is 27.2 Å². The highest BCUT2D eigenvalue weighted by Crippen LogP contribution is 2.40. The third-order valence-electron chi connectivity index (χ3n) is 4.57. The van der Waals surface area contributed by atoms with Crippen molar-refractivity contribution in [3.63, 3.8) is 0 Å². The lowest BCUT2D eigenvalue weighted by molar-refractivity contribution is 0.0101. The van der Waals surface area contributed by atoms with Gasteiger partial charge < -0.3 is 14.2 Å². The maximum absolute atomic E-state index is 12.4. The zero-order chi connectivity index (χ0) is 14.3. The molecule has 3 rings (SSSR count). The van der Waals surface area contributed by atoms with Gasteiger partial charge in [-0.15, -0.1) is 0 Å². The summed E-state index contributed by atoms with van der Waals surface area (Å²) in [5, 5.41) is 0. The normalized spacial score (nSPS) is 21.7. The molecule has 110 valence electrons. The number of carbonyl (C=O) groups excluding carboxylic acids is 1. The van der Waals surface area contributed by atoms with E-state index in [1.165, 1.54) is 19.5 Å². The van der Waals surface area contributed by atoms with E-state index in [0.717, 1.165) is 36.9 Å². The summed E-state index contributed by atoms with van der Waals surface area (Å²) in [6.07, 6.45) is 2.83. The lowest BCUT2D eigenvalue weighted by atomic mass is 9.78. The van der Waals surface area contributed by atoms with Crippen molar-refractivity contribution in [1.29, 1.82) is 0 Å². The van der Waals surface area contributed by atoms with E-state index in [9.17, 15) is 4.79 Å². The molecule has 0 bridgehead atoms. The summed E-state index contributed by atoms with van der Waals surface area (Å²) in [6.45, 7) is 11.7. The monoisotopic (exact) mass is 276 g/mol. The summed E-state index contributed by atoms with van der Waals surface area (Å²) >= 11 is 0. The number of rotatable bonds is 3. The largest absolute Gasteiger partial charge is 0.469 e. The highest BCUT2D eigenvalue weighted by atomic mass is 16.3. The Kier molecular flexibility index (Phi) is 3.36. The zero-order valence-corrected chi connectivity index (χ0v) is 12.7. The Morgan fingerprint density at radius 1 is 1.40 bits per heavy atom. The van der Waals surface area contributed by atoms with Crippen molar-refractivity contribution in [3.8, 4) is 0 Å². The minimum absolute atomic E-state index is 0.129. The molecule has 0 atom stereocenters. The van der Waals surface area contributed by atoms with Gasteiger partial charge in [0.1, 0.15) is 5.76 Å². The zero-order valence-electron chi connectivity index (χ0n) is 12.7. The third kappa shape index (κ3) is 2.37. The van der Waals surface area contributed by atoms with Gasteiger partial charge in [0.05, 0.1) is 11.8 Å². The molecule has 1 spiro atoms. The standard InChI is InChI=1S/C16H24N2O2/c1-12(2)8-17-6-5-16(9-17)10-18(11-16)15(19)14-4-7-20-13(14)3/h4,7,12H,5-6,8-11H2,1-3H3. The van der Waals surface area contributed by atoms with Crippen LogP contribution in [0.4, 0.5) is 0 Å². The number of amides is 1. The van der Waals surface area contributed by atoms with Gasteiger partial charge in [-0.3, -0.25) is 4.79 Å². The first kappa shape index (κ1) is 13.7. The van der Waals surface area contributed by atoms with E-state index in [1.807, 2.05) is 11.8 Å². The summed E-state index contributed by atoms with van der Waals surface area (Å²) in [5.41, 5.74) is 1.08. The van der Waals surface area contributed by atoms with Crippen LogP contribution in [0.1, 0.15) is 36.4 Å². The highest BCUT2D eigenvalue weighted by molar-refractivity contribution is 5.95. The molecule has 1 aromatic heterocycles. The second-order valence-electron chi connectivity index (χ2n) is 6.93. The molecule has 0 aliphatic carbocycles. The van der Waals surface area contributed by atoms with E-state index < -0.39 is 0 Å². The number of hydrogen-bond acceptors (Lipinski definition) is 3. The van der Waals surface area contributed by atoms with E-state index in [-0.39, 0.29) is 5.91 Å². The van der Waals surface area contributed by atoms with E-state index in [4.69, 9.17) is 4.42 Å². The molecule has 0 N–H and O–H groups in total. The molecule has 0 aromatic carbocycles. The number of hydrogen-bond donors (Lipinski definition) is 0. The molecule has 0 saturated carbocycles. The Balaban J connectivity index is 1.57. The molecule has 1 amide bonds. The molecule has 2 saturated heterocycles. The Morgan fingerprint density at radius 3 is 2.75 bits per heavy atom. The average molecular weight is 276 g/mol. The number of carbonyl (C=O) groups is 1. The van der Waals surface area contributed by atoms with Gasteiger partial charge in [-0.1, -0.05) is 13.8 Å². The predicted molar refractivity (Wildman–Crippen MR) is 77.7 cm³/mol. The first-order valence-corrected chi connectivity index (χ1v) is 7.55. The number of aryl methyl sites for hydroxylation is 1. The van der Waals surface area contributed by atoms with E-state index in [2.05, 4.69) is 18.7 Å². The lowest BCUT2D eigenvalue weighted by Crippen LogP contribution is -2.59. The predicted octanol–water partition coefficient (Wildman–Crippen LogP) is 2.39. The van der Waals surface area contributed by atoms with E-state index in [0.29, 0.717) is 5.41 Å². The number of furan rings is 1. The minimum Gasteiger partial charge on any atom is -0.469 e. The Hall–Kier alpha value is -1.29. The van der Waals surface area contributed by atoms with Crippen LogP contribution in [0, 0.1) is 18.3 Å². The summed E-state index contributed by atoms with van der Waals surface area (Å²) in [4.78, 5) is 16.9. The first-order chi connectivity index (χ1) is 9.49. The lowest BCUT2D eigenvalue weighted by Gasteiger charge is -2.48. The molecular formula is C16H24N2O2. The maximum Gasteiger partial charge on any atom is 0.257 e. The molecule has 2 aliphatic heterocycles. The molecule has 2 fully saturated rings. The molecule has 4 nitrogen and oxygen atoms in total. The van der Waals surface area contributed by atoms with Crippen LogP contribution in [-0.4, -0.2) is 48.4 Å². The van der Waals surface area contributed by atoms with E-state index in [1.54, 1.807) is 12.3 Å². The van der Waals surface area contributed by atoms with Crippen LogP contribution in [0.3, 0.4) is 0 Å². The highest BCUT2D eigenvalue weighted by Gasteiger charge is 2.49. The maximum atomic E-state index is 12.4. The molecule has 3 heterocycles. The van der Waals surface area contributed by atoms with Gasteiger partial charge in [0.15, 0.2) is 0 Å². The van der Waals surface area contributed by atoms with Crippen LogP contribution in [0.2, 0.25) is 0 Å². The van der Waals surface area contributed by atoms with Crippen LogP contribution in [-0.2, 0) is 0 Å². The SMILES string of the molecule is Cc1occc1C(=O)N1CC2(CCN(CC(C)C)C2)C1. The van der Waals surface area contributed by atoms with Gasteiger partial charge in [0.2, 0.25) is 0 Å². The van der Waals surface area contributed by atoms with Crippen LogP contribution >= 0.6 is 0 Å². The van der Waals surface area contributed by atoms with Gasteiger partial charge in [-0.05, 0) is 31.9 Å². The van der Waals surface area contributed by atoms with Crippen molar-refractivity contribution in [1.82, 2.24) is 9.80 Å². The summed E-state index contributed by atoms with van der Waals surface area (Å²) in [7, 11) is 0. The molecule has 4 heteroatoms. The summed E-state index contributed by atoms with van der Waals surface area (Å²) in [6, 6.07) is 1.78. The summed E-state index contributed by atoms with van der Waals surface area (Å²) < 4.78 is 5.23. The van der Waals surface area contributed by atoms with E-state index >= 15 is 0 Å². The number of likely N-dealkylation sites (tertiary alicyclic amines) is 2. The van der Waals surface area contributed by atoms with Gasteiger partial charge >= 0.3 is 0 Å². The van der Waals surface area contributed by atoms with Crippen molar-refractivity contribution < 1.29 is 9.21 Å². The Labute approximate surface area is 120 Å². The van der Waals surface area contributed by atoms with Gasteiger partial charge in [0, 0.05) is 31.6 Å². The molecule has 2 aliphatic rings. The van der Waals surface area contributed by atoms with Crippen molar-refractivity contribution >= 4 is 5.91 Å². The van der Waals surface area contributed by atoms with Gasteiger partial charge in [-0.2, -0.15) is 0 Å². The quantitative estimate of drug-likeness (QED) is 0.850. The molecule has 1 aromatic rings. The minimum atomic E-state index is 0.129. The number of nitrogens with zero attached hydrogens (tertiary/aromatic N) is 2. The first-order valence-electron chi connectivity index (χ1n) is 7.55. The van der Waals surface area contributed by atoms with Crippen LogP contribution in [0.25, 0.3) is 0 Å². The second kappa shape index (κ2) is 4.92. The third-order valence-corrected chi connectivity index (χ3v) is 4.57. The smallest absolute Gasteiger partial charge is 0.257 e. The van der Waals surface area contributed by atoms with Crippen LogP contribution in [0.15, 0.2) is 16.7 Å². The Bertz CT molecular complexity index is 500. The topological polar surface area (TPSA) is 36.7 Å². The fourth-order valence-electron chi connectivity index (χ4n) is 3.64. The van der Waals surface area contributed by atoms with Crippen molar-refractivity contribution in [2.75, 3.05) is 32.7 Å². The Morgan fingerprint density at radius 2 is 2.15 bits per heavy atom.